The standard InChI is InChI=1S/C20H22N4S/c1-3-16-8-10-18(11-9-16)23-20(25)22-14-17-6-4-5-7-19(17)24-13-12-21-15(24)2/h4-13H,3,14H2,1-2H3,(H2,22,23,25). The third-order valence-electron chi connectivity index (χ3n) is 4.14. The Morgan fingerprint density at radius 3 is 2.56 bits per heavy atom. The summed E-state index contributed by atoms with van der Waals surface area (Å²) in [6, 6.07) is 16.6. The van der Waals surface area contributed by atoms with Gasteiger partial charge in [0.15, 0.2) is 5.11 Å². The number of hydrogen-bond donors (Lipinski definition) is 2. The molecular weight excluding hydrogens is 328 g/mol. The molecule has 1 aromatic heterocycles. The number of aromatic nitrogens is 2. The lowest BCUT2D eigenvalue weighted by atomic mass is 10.1. The molecule has 0 amide bonds. The topological polar surface area (TPSA) is 41.9 Å². The van der Waals surface area contributed by atoms with E-state index in [1.165, 1.54) is 5.56 Å². The van der Waals surface area contributed by atoms with Gasteiger partial charge in [0.2, 0.25) is 0 Å². The molecule has 0 unspecified atom stereocenters. The van der Waals surface area contributed by atoms with Gasteiger partial charge in [-0.1, -0.05) is 37.3 Å². The largest absolute Gasteiger partial charge is 0.358 e. The lowest BCUT2D eigenvalue weighted by Crippen LogP contribution is -2.28. The first-order valence-electron chi connectivity index (χ1n) is 8.39. The van der Waals surface area contributed by atoms with E-state index in [-0.39, 0.29) is 0 Å². The number of imidazole rings is 1. The lowest BCUT2D eigenvalue weighted by Gasteiger charge is -2.14. The molecule has 0 radical (unpaired) electrons. The zero-order chi connectivity index (χ0) is 17.6. The molecule has 0 bridgehead atoms. The minimum atomic E-state index is 0.612. The molecule has 0 atom stereocenters. The Labute approximate surface area is 153 Å². The van der Waals surface area contributed by atoms with E-state index in [4.69, 9.17) is 12.2 Å². The highest BCUT2D eigenvalue weighted by Gasteiger charge is 2.07. The van der Waals surface area contributed by atoms with Crippen LogP contribution in [0.5, 0.6) is 0 Å². The van der Waals surface area contributed by atoms with Crippen molar-refractivity contribution in [2.75, 3.05) is 5.32 Å². The third-order valence-corrected chi connectivity index (χ3v) is 4.38. The van der Waals surface area contributed by atoms with Crippen LogP contribution in [-0.4, -0.2) is 14.7 Å². The number of aryl methyl sites for hydroxylation is 2. The van der Waals surface area contributed by atoms with Gasteiger partial charge >= 0.3 is 0 Å². The van der Waals surface area contributed by atoms with Crippen LogP contribution in [0.3, 0.4) is 0 Å². The Hall–Kier alpha value is -2.66. The Kier molecular flexibility index (Phi) is 5.46. The van der Waals surface area contributed by atoms with E-state index in [1.54, 1.807) is 0 Å². The molecule has 2 aromatic carbocycles. The van der Waals surface area contributed by atoms with Crippen LogP contribution in [0.2, 0.25) is 0 Å². The second kappa shape index (κ2) is 7.94. The molecule has 25 heavy (non-hydrogen) atoms. The van der Waals surface area contributed by atoms with Crippen LogP contribution in [0.4, 0.5) is 5.69 Å². The van der Waals surface area contributed by atoms with E-state index >= 15 is 0 Å². The van der Waals surface area contributed by atoms with E-state index in [9.17, 15) is 0 Å². The molecule has 0 saturated heterocycles. The van der Waals surface area contributed by atoms with Gasteiger partial charge in [-0.15, -0.1) is 0 Å². The Morgan fingerprint density at radius 1 is 1.12 bits per heavy atom. The maximum Gasteiger partial charge on any atom is 0.171 e. The minimum Gasteiger partial charge on any atom is -0.358 e. The van der Waals surface area contributed by atoms with E-state index < -0.39 is 0 Å². The summed E-state index contributed by atoms with van der Waals surface area (Å²) in [4.78, 5) is 4.30. The van der Waals surface area contributed by atoms with Crippen LogP contribution < -0.4 is 10.6 Å². The highest BCUT2D eigenvalue weighted by Crippen LogP contribution is 2.16. The molecule has 0 aliphatic heterocycles. The molecule has 0 aliphatic rings. The van der Waals surface area contributed by atoms with Crippen LogP contribution >= 0.6 is 12.2 Å². The average molecular weight is 350 g/mol. The second-order valence-electron chi connectivity index (χ2n) is 5.83. The molecule has 0 fully saturated rings. The van der Waals surface area contributed by atoms with Gasteiger partial charge in [-0.05, 0) is 54.9 Å². The summed E-state index contributed by atoms with van der Waals surface area (Å²) in [5, 5.41) is 7.13. The van der Waals surface area contributed by atoms with Gasteiger partial charge in [0.1, 0.15) is 5.82 Å². The van der Waals surface area contributed by atoms with Crippen molar-refractivity contribution in [3.63, 3.8) is 0 Å². The van der Waals surface area contributed by atoms with Crippen molar-refractivity contribution in [2.45, 2.75) is 26.8 Å². The highest BCUT2D eigenvalue weighted by atomic mass is 32.1. The first kappa shape index (κ1) is 17.2. The molecule has 5 heteroatoms. The van der Waals surface area contributed by atoms with Gasteiger partial charge in [0.25, 0.3) is 0 Å². The first-order valence-corrected chi connectivity index (χ1v) is 8.80. The van der Waals surface area contributed by atoms with Gasteiger partial charge in [-0.3, -0.25) is 0 Å². The van der Waals surface area contributed by atoms with Crippen molar-refractivity contribution in [2.24, 2.45) is 0 Å². The third kappa shape index (κ3) is 4.25. The van der Waals surface area contributed by atoms with Crippen molar-refractivity contribution in [1.82, 2.24) is 14.9 Å². The van der Waals surface area contributed by atoms with Crippen LogP contribution in [0, 0.1) is 6.92 Å². The fraction of sp³-hybridized carbons (Fsp3) is 0.200. The summed E-state index contributed by atoms with van der Waals surface area (Å²) >= 11 is 5.42. The predicted molar refractivity (Wildman–Crippen MR) is 107 cm³/mol. The molecule has 2 N–H and O–H groups in total. The molecule has 0 spiro atoms. The smallest absolute Gasteiger partial charge is 0.171 e. The lowest BCUT2D eigenvalue weighted by molar-refractivity contribution is 0.885. The average Bonchev–Trinajstić information content (AvgIpc) is 3.06. The summed E-state index contributed by atoms with van der Waals surface area (Å²) in [6.07, 6.45) is 4.82. The zero-order valence-corrected chi connectivity index (χ0v) is 15.3. The van der Waals surface area contributed by atoms with Crippen molar-refractivity contribution < 1.29 is 0 Å². The van der Waals surface area contributed by atoms with Crippen LogP contribution in [-0.2, 0) is 13.0 Å². The zero-order valence-electron chi connectivity index (χ0n) is 14.5. The molecule has 3 aromatic rings. The van der Waals surface area contributed by atoms with E-state index in [0.29, 0.717) is 11.7 Å². The van der Waals surface area contributed by atoms with Crippen molar-refractivity contribution >= 4 is 23.0 Å². The number of nitrogens with one attached hydrogen (secondary N) is 2. The maximum atomic E-state index is 5.42. The number of thiocarbonyl (C=S) groups is 1. The normalized spacial score (nSPS) is 10.5. The molecule has 4 nitrogen and oxygen atoms in total. The number of para-hydroxylation sites is 1. The first-order chi connectivity index (χ1) is 12.2. The predicted octanol–water partition coefficient (Wildman–Crippen LogP) is 4.23. The Balaban J connectivity index is 1.65. The summed E-state index contributed by atoms with van der Waals surface area (Å²) in [5.74, 6) is 0.962. The number of anilines is 1. The van der Waals surface area contributed by atoms with Crippen molar-refractivity contribution in [3.8, 4) is 5.69 Å². The molecule has 0 saturated carbocycles. The fourth-order valence-corrected chi connectivity index (χ4v) is 2.89. The number of hydrogen-bond acceptors (Lipinski definition) is 2. The summed E-state index contributed by atoms with van der Waals surface area (Å²) in [6.45, 7) is 4.79. The highest BCUT2D eigenvalue weighted by molar-refractivity contribution is 7.80. The minimum absolute atomic E-state index is 0.612. The number of benzene rings is 2. The van der Waals surface area contributed by atoms with E-state index in [1.807, 2.05) is 31.5 Å². The van der Waals surface area contributed by atoms with Crippen LogP contribution in [0.1, 0.15) is 23.9 Å². The van der Waals surface area contributed by atoms with Gasteiger partial charge < -0.3 is 15.2 Å². The van der Waals surface area contributed by atoms with Gasteiger partial charge in [-0.2, -0.15) is 0 Å². The second-order valence-corrected chi connectivity index (χ2v) is 6.24. The molecule has 128 valence electrons. The van der Waals surface area contributed by atoms with Crippen LogP contribution in [0.25, 0.3) is 5.69 Å². The summed E-state index contributed by atoms with van der Waals surface area (Å²) < 4.78 is 2.08. The van der Waals surface area contributed by atoms with Gasteiger partial charge in [-0.25, -0.2) is 4.98 Å². The quantitative estimate of drug-likeness (QED) is 0.676. The van der Waals surface area contributed by atoms with E-state index in [2.05, 4.69) is 63.5 Å². The molecule has 1 heterocycles. The maximum absolute atomic E-state index is 5.42. The SMILES string of the molecule is CCc1ccc(NC(=S)NCc2ccccc2-n2ccnc2C)cc1. The number of rotatable bonds is 5. The van der Waals surface area contributed by atoms with Crippen molar-refractivity contribution in [1.29, 1.82) is 0 Å². The molecular formula is C20H22N4S. The van der Waals surface area contributed by atoms with Gasteiger partial charge in [0.05, 0.1) is 5.69 Å². The molecule has 0 aliphatic carbocycles. The Bertz CT molecular complexity index is 852. The molecule has 3 rings (SSSR count). The fourth-order valence-electron chi connectivity index (χ4n) is 2.70. The number of nitrogens with zero attached hydrogens (tertiary/aromatic N) is 2. The van der Waals surface area contributed by atoms with Crippen molar-refractivity contribution in [3.05, 3.63) is 77.9 Å². The summed E-state index contributed by atoms with van der Waals surface area (Å²) in [7, 11) is 0. The van der Waals surface area contributed by atoms with Gasteiger partial charge in [0, 0.05) is 24.6 Å². The van der Waals surface area contributed by atoms with E-state index in [0.717, 1.165) is 29.2 Å². The summed E-state index contributed by atoms with van der Waals surface area (Å²) in [5.41, 5.74) is 4.58. The van der Waals surface area contributed by atoms with Crippen LogP contribution in [0.15, 0.2) is 60.9 Å². The Morgan fingerprint density at radius 2 is 1.88 bits per heavy atom. The monoisotopic (exact) mass is 350 g/mol.